The van der Waals surface area contributed by atoms with Gasteiger partial charge in [-0.1, -0.05) is 52.7 Å². The summed E-state index contributed by atoms with van der Waals surface area (Å²) in [4.78, 5) is 0. The second kappa shape index (κ2) is 7.68. The van der Waals surface area contributed by atoms with Crippen LogP contribution in [0.5, 0.6) is 5.75 Å². The molecule has 0 atom stereocenters. The average molecular weight is 278 g/mol. The van der Waals surface area contributed by atoms with E-state index in [4.69, 9.17) is 5.11 Å². The molecule has 1 aromatic carbocycles. The highest BCUT2D eigenvalue weighted by Gasteiger charge is 2.21. The van der Waals surface area contributed by atoms with Crippen molar-refractivity contribution in [3.8, 4) is 5.75 Å². The Balaban J connectivity index is 3.06. The number of aromatic hydroxyl groups is 1. The minimum atomic E-state index is -0.0567. The monoisotopic (exact) mass is 278 g/mol. The van der Waals surface area contributed by atoms with Crippen LogP contribution in [0.2, 0.25) is 0 Å². The number of rotatable bonds is 7. The van der Waals surface area contributed by atoms with Crippen LogP contribution < -0.4 is 0 Å². The molecule has 0 heterocycles. The zero-order chi connectivity index (χ0) is 15.2. The zero-order valence-electron chi connectivity index (χ0n) is 13.5. The van der Waals surface area contributed by atoms with Gasteiger partial charge in [0.15, 0.2) is 0 Å². The van der Waals surface area contributed by atoms with Crippen LogP contribution in [-0.2, 0) is 18.3 Å². The molecule has 1 aromatic rings. The third kappa shape index (κ3) is 4.82. The van der Waals surface area contributed by atoms with Gasteiger partial charge in [0.05, 0.1) is 0 Å². The lowest BCUT2D eigenvalue weighted by molar-refractivity contribution is 0.288. The van der Waals surface area contributed by atoms with Crippen LogP contribution in [0.1, 0.15) is 70.1 Å². The molecule has 0 fully saturated rings. The number of hydrogen-bond acceptors (Lipinski definition) is 2. The van der Waals surface area contributed by atoms with Gasteiger partial charge in [0.25, 0.3) is 0 Å². The van der Waals surface area contributed by atoms with E-state index in [-0.39, 0.29) is 12.0 Å². The Morgan fingerprint density at radius 3 is 2.25 bits per heavy atom. The van der Waals surface area contributed by atoms with E-state index in [0.717, 1.165) is 36.8 Å². The molecule has 1 rings (SSSR count). The molecule has 2 heteroatoms. The van der Waals surface area contributed by atoms with E-state index in [0.29, 0.717) is 5.75 Å². The van der Waals surface area contributed by atoms with Crippen LogP contribution in [-0.4, -0.2) is 16.8 Å². The Labute approximate surface area is 123 Å². The van der Waals surface area contributed by atoms with Crippen molar-refractivity contribution in [2.45, 2.75) is 71.6 Å². The fraction of sp³-hybridized carbons (Fsp3) is 0.667. The minimum absolute atomic E-state index is 0.0567. The highest BCUT2D eigenvalue weighted by Crippen LogP contribution is 2.35. The van der Waals surface area contributed by atoms with E-state index < -0.39 is 0 Å². The van der Waals surface area contributed by atoms with Crippen LogP contribution in [0, 0.1) is 0 Å². The summed E-state index contributed by atoms with van der Waals surface area (Å²) in [6.45, 7) is 8.81. The molecule has 0 unspecified atom stereocenters. The van der Waals surface area contributed by atoms with Crippen molar-refractivity contribution < 1.29 is 10.2 Å². The van der Waals surface area contributed by atoms with Crippen molar-refractivity contribution in [2.75, 3.05) is 6.61 Å². The van der Waals surface area contributed by atoms with Crippen molar-refractivity contribution in [3.63, 3.8) is 0 Å². The first-order valence-corrected chi connectivity index (χ1v) is 7.86. The number of aryl methyl sites for hydroxylation is 2. The van der Waals surface area contributed by atoms with Gasteiger partial charge in [-0.3, -0.25) is 0 Å². The number of benzene rings is 1. The number of hydrogen-bond donors (Lipinski definition) is 2. The molecule has 20 heavy (non-hydrogen) atoms. The maximum atomic E-state index is 10.5. The predicted octanol–water partition coefficient (Wildman–Crippen LogP) is 4.35. The van der Waals surface area contributed by atoms with Crippen LogP contribution in [0.25, 0.3) is 0 Å². The standard InChI is InChI=1S/C18H30O2/c1-5-6-7-10-15-12-14(9-8-11-19)13-16(17(15)20)18(2,3)4/h12-13,19-20H,5-11H2,1-4H3. The van der Waals surface area contributed by atoms with Crippen molar-refractivity contribution in [1.29, 1.82) is 0 Å². The van der Waals surface area contributed by atoms with Crippen LogP contribution >= 0.6 is 0 Å². The first-order chi connectivity index (χ1) is 9.40. The Kier molecular flexibility index (Phi) is 6.54. The number of unbranched alkanes of at least 4 members (excludes halogenated alkanes) is 2. The van der Waals surface area contributed by atoms with E-state index in [1.54, 1.807) is 0 Å². The molecule has 0 aliphatic heterocycles. The minimum Gasteiger partial charge on any atom is -0.507 e. The van der Waals surface area contributed by atoms with Gasteiger partial charge < -0.3 is 10.2 Å². The molecule has 114 valence electrons. The molecule has 0 saturated heterocycles. The SMILES string of the molecule is CCCCCc1cc(CCCO)cc(C(C)(C)C)c1O. The summed E-state index contributed by atoms with van der Waals surface area (Å²) >= 11 is 0. The number of phenolic OH excluding ortho intramolecular Hbond substituents is 1. The maximum Gasteiger partial charge on any atom is 0.122 e. The quantitative estimate of drug-likeness (QED) is 0.728. The first kappa shape index (κ1) is 17.0. The fourth-order valence-corrected chi connectivity index (χ4v) is 2.52. The normalized spacial score (nSPS) is 11.8. The van der Waals surface area contributed by atoms with Crippen LogP contribution in [0.4, 0.5) is 0 Å². The molecule has 0 amide bonds. The number of aliphatic hydroxyl groups excluding tert-OH is 1. The van der Waals surface area contributed by atoms with Gasteiger partial charge in [0, 0.05) is 6.61 Å². The number of aliphatic hydroxyl groups is 1. The molecule has 0 bridgehead atoms. The summed E-state index contributed by atoms with van der Waals surface area (Å²) in [7, 11) is 0. The van der Waals surface area contributed by atoms with Crippen molar-refractivity contribution >= 4 is 0 Å². The Morgan fingerprint density at radius 2 is 1.70 bits per heavy atom. The molecule has 0 radical (unpaired) electrons. The van der Waals surface area contributed by atoms with E-state index >= 15 is 0 Å². The van der Waals surface area contributed by atoms with Crippen molar-refractivity contribution in [1.82, 2.24) is 0 Å². The summed E-state index contributed by atoms with van der Waals surface area (Å²) in [6.07, 6.45) is 6.11. The average Bonchev–Trinajstić information content (AvgIpc) is 2.38. The first-order valence-electron chi connectivity index (χ1n) is 7.86. The Morgan fingerprint density at radius 1 is 1.00 bits per heavy atom. The second-order valence-electron chi connectivity index (χ2n) is 6.69. The lowest BCUT2D eigenvalue weighted by Gasteiger charge is -2.23. The molecule has 0 saturated carbocycles. The van der Waals surface area contributed by atoms with Gasteiger partial charge in [-0.15, -0.1) is 0 Å². The smallest absolute Gasteiger partial charge is 0.122 e. The van der Waals surface area contributed by atoms with Crippen LogP contribution in [0.15, 0.2) is 12.1 Å². The lowest BCUT2D eigenvalue weighted by atomic mass is 9.83. The van der Waals surface area contributed by atoms with E-state index in [1.807, 2.05) is 0 Å². The van der Waals surface area contributed by atoms with Crippen molar-refractivity contribution in [2.24, 2.45) is 0 Å². The third-order valence-electron chi connectivity index (χ3n) is 3.73. The van der Waals surface area contributed by atoms with Gasteiger partial charge >= 0.3 is 0 Å². The summed E-state index contributed by atoms with van der Waals surface area (Å²) < 4.78 is 0. The summed E-state index contributed by atoms with van der Waals surface area (Å²) in [6, 6.07) is 4.23. The van der Waals surface area contributed by atoms with Crippen LogP contribution in [0.3, 0.4) is 0 Å². The summed E-state index contributed by atoms with van der Waals surface area (Å²) in [5.41, 5.74) is 3.27. The predicted molar refractivity (Wildman–Crippen MR) is 85.4 cm³/mol. The molecule has 0 aromatic heterocycles. The van der Waals surface area contributed by atoms with Gasteiger partial charge in [-0.2, -0.15) is 0 Å². The molecule has 2 N–H and O–H groups in total. The maximum absolute atomic E-state index is 10.5. The highest BCUT2D eigenvalue weighted by molar-refractivity contribution is 5.47. The molecule has 0 aliphatic carbocycles. The van der Waals surface area contributed by atoms with Gasteiger partial charge in [0.1, 0.15) is 5.75 Å². The molecular weight excluding hydrogens is 248 g/mol. The molecule has 2 nitrogen and oxygen atoms in total. The van der Waals surface area contributed by atoms with E-state index in [9.17, 15) is 5.11 Å². The topological polar surface area (TPSA) is 40.5 Å². The summed E-state index contributed by atoms with van der Waals surface area (Å²) in [5, 5.41) is 19.5. The van der Waals surface area contributed by atoms with Gasteiger partial charge in [-0.05, 0) is 47.8 Å². The van der Waals surface area contributed by atoms with Gasteiger partial charge in [0.2, 0.25) is 0 Å². The molecule has 0 aliphatic rings. The lowest BCUT2D eigenvalue weighted by Crippen LogP contribution is -2.13. The van der Waals surface area contributed by atoms with E-state index in [1.165, 1.54) is 18.4 Å². The van der Waals surface area contributed by atoms with E-state index in [2.05, 4.69) is 39.8 Å². The highest BCUT2D eigenvalue weighted by atomic mass is 16.3. The Hall–Kier alpha value is -1.02. The molecular formula is C18H30O2. The summed E-state index contributed by atoms with van der Waals surface area (Å²) in [5.74, 6) is 0.473. The largest absolute Gasteiger partial charge is 0.507 e. The third-order valence-corrected chi connectivity index (χ3v) is 3.73. The second-order valence-corrected chi connectivity index (χ2v) is 6.69. The number of phenols is 1. The Bertz CT molecular complexity index is 416. The zero-order valence-corrected chi connectivity index (χ0v) is 13.5. The molecule has 0 spiro atoms. The van der Waals surface area contributed by atoms with Gasteiger partial charge in [-0.25, -0.2) is 0 Å². The fourth-order valence-electron chi connectivity index (χ4n) is 2.52. The van der Waals surface area contributed by atoms with Crippen molar-refractivity contribution in [3.05, 3.63) is 28.8 Å².